The van der Waals surface area contributed by atoms with Crippen LogP contribution in [0.3, 0.4) is 0 Å². The van der Waals surface area contributed by atoms with Crippen molar-refractivity contribution in [2.75, 3.05) is 0 Å². The molecule has 1 aliphatic carbocycles. The fraction of sp³-hybridized carbons (Fsp3) is 0.889. The largest absolute Gasteiger partial charge is 0.550 e. The molecule has 0 aliphatic heterocycles. The Hall–Kier alpha value is -0.670. The van der Waals surface area contributed by atoms with Gasteiger partial charge in [-0.15, -0.1) is 0 Å². The lowest BCUT2D eigenvalue weighted by Crippen LogP contribution is -2.40. The molecule has 1 saturated carbocycles. The predicted octanol–water partition coefficient (Wildman–Crippen LogP) is 1.20. The Balaban J connectivity index is 2.74. The predicted molar refractivity (Wildman–Crippen MR) is 41.1 cm³/mol. The third-order valence-electron chi connectivity index (χ3n) is 2.80. The van der Waals surface area contributed by atoms with E-state index in [1.807, 2.05) is 0 Å². The molecule has 1 fully saturated rings. The molecular weight excluding hydrogens is 178 g/mol. The Kier molecular flexibility index (Phi) is 2.88. The molecule has 0 aromatic heterocycles. The lowest BCUT2D eigenvalue weighted by Gasteiger charge is -2.28. The number of hydrogen-bond acceptors (Lipinski definition) is 2. The summed E-state index contributed by atoms with van der Waals surface area (Å²) >= 11 is 0. The summed E-state index contributed by atoms with van der Waals surface area (Å²) in [4.78, 5) is 10.6. The van der Waals surface area contributed by atoms with Crippen molar-refractivity contribution in [2.24, 2.45) is 11.8 Å². The normalized spacial score (nSPS) is 28.7. The minimum atomic E-state index is -2.80. The number of carboxylic acids is 1. The minimum Gasteiger partial charge on any atom is -0.550 e. The average molecular weight is 191 g/mol. The van der Waals surface area contributed by atoms with Gasteiger partial charge in [-0.3, -0.25) is 0 Å². The van der Waals surface area contributed by atoms with E-state index in [4.69, 9.17) is 0 Å². The van der Waals surface area contributed by atoms with Crippen LogP contribution in [0, 0.1) is 11.8 Å². The Morgan fingerprint density at radius 2 is 2.31 bits per heavy atom. The van der Waals surface area contributed by atoms with Crippen molar-refractivity contribution in [3.05, 3.63) is 0 Å². The van der Waals surface area contributed by atoms with Gasteiger partial charge in [0.1, 0.15) is 0 Å². The maximum absolute atomic E-state index is 13.1. The van der Waals surface area contributed by atoms with Gasteiger partial charge < -0.3 is 9.90 Å². The molecule has 1 aliphatic rings. The van der Waals surface area contributed by atoms with Gasteiger partial charge in [-0.2, -0.15) is 0 Å². The molecular formula is C9H13F2O2-. The summed E-state index contributed by atoms with van der Waals surface area (Å²) in [7, 11) is 0. The minimum absolute atomic E-state index is 0.179. The number of carbonyl (C=O) groups excluding carboxylic acids is 1. The van der Waals surface area contributed by atoms with Crippen molar-refractivity contribution in [3.63, 3.8) is 0 Å². The first kappa shape index (κ1) is 10.4. The van der Waals surface area contributed by atoms with Gasteiger partial charge in [0.25, 0.3) is 5.92 Å². The third-order valence-corrected chi connectivity index (χ3v) is 2.80. The fourth-order valence-corrected chi connectivity index (χ4v) is 2.07. The van der Waals surface area contributed by atoms with Crippen LogP contribution >= 0.6 is 0 Å². The van der Waals surface area contributed by atoms with E-state index in [2.05, 4.69) is 0 Å². The smallest absolute Gasteiger partial charge is 0.251 e. The second kappa shape index (κ2) is 3.60. The summed E-state index contributed by atoms with van der Waals surface area (Å²) in [5.41, 5.74) is 0. The molecule has 0 saturated heterocycles. The number of rotatable bonds is 3. The van der Waals surface area contributed by atoms with E-state index in [1.165, 1.54) is 0 Å². The highest BCUT2D eigenvalue weighted by molar-refractivity contribution is 5.68. The summed E-state index contributed by atoms with van der Waals surface area (Å²) in [6.45, 7) is 1.61. The Bertz CT molecular complexity index is 204. The summed E-state index contributed by atoms with van der Waals surface area (Å²) in [5, 5.41) is 10.6. The van der Waals surface area contributed by atoms with Crippen LogP contribution in [0.15, 0.2) is 0 Å². The zero-order chi connectivity index (χ0) is 10.1. The Morgan fingerprint density at radius 1 is 1.69 bits per heavy atom. The molecule has 0 heterocycles. The molecule has 4 heteroatoms. The highest BCUT2D eigenvalue weighted by atomic mass is 19.3. The van der Waals surface area contributed by atoms with Gasteiger partial charge in [0.15, 0.2) is 0 Å². The first-order chi connectivity index (χ1) is 5.99. The van der Waals surface area contributed by atoms with E-state index < -0.39 is 23.7 Å². The second-order valence-electron chi connectivity index (χ2n) is 3.59. The van der Waals surface area contributed by atoms with E-state index >= 15 is 0 Å². The molecule has 0 amide bonds. The summed E-state index contributed by atoms with van der Waals surface area (Å²) in [6.07, 6.45) is 0.769. The van der Waals surface area contributed by atoms with Crippen molar-refractivity contribution in [1.29, 1.82) is 0 Å². The van der Waals surface area contributed by atoms with Crippen LogP contribution < -0.4 is 5.11 Å². The monoisotopic (exact) mass is 191 g/mol. The molecule has 0 bridgehead atoms. The van der Waals surface area contributed by atoms with Crippen molar-refractivity contribution < 1.29 is 18.7 Å². The molecule has 0 spiro atoms. The van der Waals surface area contributed by atoms with E-state index in [0.717, 1.165) is 0 Å². The fourth-order valence-electron chi connectivity index (χ4n) is 2.07. The number of aliphatic carboxylic acids is 1. The molecule has 0 N–H and O–H groups in total. The maximum atomic E-state index is 13.1. The van der Waals surface area contributed by atoms with Crippen LogP contribution in [0.5, 0.6) is 0 Å². The second-order valence-corrected chi connectivity index (χ2v) is 3.59. The van der Waals surface area contributed by atoms with E-state index in [-0.39, 0.29) is 12.8 Å². The van der Waals surface area contributed by atoms with Crippen LogP contribution in [0.1, 0.15) is 32.6 Å². The van der Waals surface area contributed by atoms with Crippen LogP contribution in [0.4, 0.5) is 8.78 Å². The molecule has 1 rings (SSSR count). The van der Waals surface area contributed by atoms with Crippen LogP contribution in [0.2, 0.25) is 0 Å². The summed E-state index contributed by atoms with van der Waals surface area (Å²) in [6, 6.07) is 0. The molecule has 0 radical (unpaired) electrons. The van der Waals surface area contributed by atoms with Gasteiger partial charge in [-0.1, -0.05) is 6.92 Å². The highest BCUT2D eigenvalue weighted by Crippen LogP contribution is 2.45. The first-order valence-corrected chi connectivity index (χ1v) is 4.57. The van der Waals surface area contributed by atoms with Gasteiger partial charge in [0, 0.05) is 24.2 Å². The molecule has 0 aromatic rings. The number of carbonyl (C=O) groups is 1. The molecule has 2 nitrogen and oxygen atoms in total. The topological polar surface area (TPSA) is 40.1 Å². The number of hydrogen-bond donors (Lipinski definition) is 0. The van der Waals surface area contributed by atoms with Crippen molar-refractivity contribution >= 4 is 5.97 Å². The van der Waals surface area contributed by atoms with Gasteiger partial charge >= 0.3 is 0 Å². The van der Waals surface area contributed by atoms with Crippen LogP contribution in [-0.4, -0.2) is 11.9 Å². The van der Waals surface area contributed by atoms with Crippen molar-refractivity contribution in [2.45, 2.75) is 38.5 Å². The quantitative estimate of drug-likeness (QED) is 0.672. The maximum Gasteiger partial charge on any atom is 0.251 e. The Morgan fingerprint density at radius 3 is 2.62 bits per heavy atom. The summed E-state index contributed by atoms with van der Waals surface area (Å²) < 4.78 is 26.2. The third kappa shape index (κ3) is 1.98. The molecule has 13 heavy (non-hydrogen) atoms. The van der Waals surface area contributed by atoms with Crippen molar-refractivity contribution in [3.8, 4) is 0 Å². The van der Waals surface area contributed by atoms with Gasteiger partial charge in [-0.05, 0) is 19.3 Å². The number of carboxylic acid groups (broad SMARTS) is 1. The zero-order valence-electron chi connectivity index (χ0n) is 7.56. The Labute approximate surface area is 75.9 Å². The van der Waals surface area contributed by atoms with Gasteiger partial charge in [0.05, 0.1) is 0 Å². The standard InChI is InChI=1S/C9H14F2O2/c1-2-6(8(12)13)7-4-3-5-9(7,10)11/h6-7H,2-5H2,1H3,(H,12,13)/p-1. The van der Waals surface area contributed by atoms with E-state index in [9.17, 15) is 18.7 Å². The SMILES string of the molecule is CCC(C(=O)[O-])C1CCCC1(F)F. The number of halogens is 2. The van der Waals surface area contributed by atoms with Crippen LogP contribution in [0.25, 0.3) is 0 Å². The first-order valence-electron chi connectivity index (χ1n) is 4.57. The molecule has 0 aromatic carbocycles. The van der Waals surface area contributed by atoms with E-state index in [1.54, 1.807) is 6.92 Å². The molecule has 2 unspecified atom stereocenters. The van der Waals surface area contributed by atoms with Gasteiger partial charge in [0.2, 0.25) is 0 Å². The van der Waals surface area contributed by atoms with Crippen molar-refractivity contribution in [1.82, 2.24) is 0 Å². The highest BCUT2D eigenvalue weighted by Gasteiger charge is 2.47. The van der Waals surface area contributed by atoms with Gasteiger partial charge in [-0.25, -0.2) is 8.78 Å². The molecule has 2 atom stereocenters. The summed E-state index contributed by atoms with van der Waals surface area (Å²) in [5.74, 6) is -6.14. The number of alkyl halides is 2. The van der Waals surface area contributed by atoms with Crippen LogP contribution in [-0.2, 0) is 4.79 Å². The van der Waals surface area contributed by atoms with E-state index in [0.29, 0.717) is 12.8 Å². The average Bonchev–Trinajstić information content (AvgIpc) is 2.32. The lowest BCUT2D eigenvalue weighted by molar-refractivity contribution is -0.315. The molecule has 76 valence electrons. The lowest BCUT2D eigenvalue weighted by atomic mass is 9.87. The zero-order valence-corrected chi connectivity index (χ0v) is 7.56.